The van der Waals surface area contributed by atoms with Crippen molar-refractivity contribution in [3.63, 3.8) is 0 Å². The number of nitrogens with two attached hydrogens (primary N) is 1. The van der Waals surface area contributed by atoms with Gasteiger partial charge >= 0.3 is 6.09 Å². The average Bonchev–Trinajstić information content (AvgIpc) is 2.41. The van der Waals surface area contributed by atoms with Crippen LogP contribution in [0.5, 0.6) is 0 Å². The first-order valence-electron chi connectivity index (χ1n) is 6.48. The molecule has 0 aromatic heterocycles. The predicted molar refractivity (Wildman–Crippen MR) is 69.9 cm³/mol. The van der Waals surface area contributed by atoms with Gasteiger partial charge in [0.15, 0.2) is 0 Å². The number of benzene rings is 1. The van der Waals surface area contributed by atoms with Gasteiger partial charge in [-0.1, -0.05) is 12.1 Å². The first-order valence-corrected chi connectivity index (χ1v) is 6.48. The van der Waals surface area contributed by atoms with Crippen LogP contribution in [0.2, 0.25) is 0 Å². The summed E-state index contributed by atoms with van der Waals surface area (Å²) in [6.07, 6.45) is 1.36. The molecule has 104 valence electrons. The third kappa shape index (κ3) is 2.71. The monoisotopic (exact) mass is 266 g/mol. The van der Waals surface area contributed by atoms with E-state index < -0.39 is 6.09 Å². The Labute approximate surface area is 112 Å². The average molecular weight is 266 g/mol. The fourth-order valence-electron chi connectivity index (χ4n) is 2.81. The van der Waals surface area contributed by atoms with E-state index in [-0.39, 0.29) is 17.8 Å². The Kier molecular flexibility index (Phi) is 4.04. The maximum Gasteiger partial charge on any atom is 0.428 e. The van der Waals surface area contributed by atoms with E-state index in [4.69, 9.17) is 5.90 Å². The molecule has 1 fully saturated rings. The van der Waals surface area contributed by atoms with Crippen LogP contribution in [0.3, 0.4) is 0 Å². The number of hydrogen-bond acceptors (Lipinski definition) is 3. The number of aryl methyl sites for hydroxylation is 1. The Morgan fingerprint density at radius 1 is 1.53 bits per heavy atom. The van der Waals surface area contributed by atoms with Crippen LogP contribution in [0.4, 0.5) is 9.18 Å². The van der Waals surface area contributed by atoms with Crippen molar-refractivity contribution < 1.29 is 14.0 Å². The number of nitrogens with zero attached hydrogens (tertiary/aromatic N) is 1. The highest BCUT2D eigenvalue weighted by Crippen LogP contribution is 2.33. The maximum atomic E-state index is 13.3. The molecule has 5 heteroatoms. The smallest absolute Gasteiger partial charge is 0.357 e. The van der Waals surface area contributed by atoms with Crippen molar-refractivity contribution in [3.05, 3.63) is 35.1 Å². The summed E-state index contributed by atoms with van der Waals surface area (Å²) >= 11 is 0. The molecule has 0 aliphatic carbocycles. The third-order valence-electron chi connectivity index (χ3n) is 3.93. The summed E-state index contributed by atoms with van der Waals surface area (Å²) in [5.41, 5.74) is 1.68. The minimum Gasteiger partial charge on any atom is -0.357 e. The van der Waals surface area contributed by atoms with Gasteiger partial charge in [0, 0.05) is 18.5 Å². The summed E-state index contributed by atoms with van der Waals surface area (Å²) in [6.45, 7) is 4.37. The lowest BCUT2D eigenvalue weighted by Crippen LogP contribution is -2.46. The van der Waals surface area contributed by atoms with Crippen molar-refractivity contribution in [2.75, 3.05) is 6.54 Å². The SMILES string of the molecule is Cc1cc(C2CCCN(C(=O)ON)C2C)ccc1F. The Morgan fingerprint density at radius 2 is 2.26 bits per heavy atom. The molecular weight excluding hydrogens is 247 g/mol. The fraction of sp³-hybridized carbons (Fsp3) is 0.500. The molecule has 2 atom stereocenters. The molecule has 1 saturated heterocycles. The van der Waals surface area contributed by atoms with Crippen LogP contribution in [0.15, 0.2) is 18.2 Å². The van der Waals surface area contributed by atoms with E-state index >= 15 is 0 Å². The molecule has 1 aromatic carbocycles. The Morgan fingerprint density at radius 3 is 2.89 bits per heavy atom. The van der Waals surface area contributed by atoms with Gasteiger partial charge in [-0.15, -0.1) is 0 Å². The van der Waals surface area contributed by atoms with Crippen LogP contribution < -0.4 is 5.90 Å². The zero-order valence-electron chi connectivity index (χ0n) is 11.2. The molecule has 0 radical (unpaired) electrons. The van der Waals surface area contributed by atoms with Crippen molar-refractivity contribution >= 4 is 6.09 Å². The number of hydrogen-bond donors (Lipinski definition) is 1. The van der Waals surface area contributed by atoms with Crippen LogP contribution in [-0.4, -0.2) is 23.6 Å². The molecule has 2 N–H and O–H groups in total. The largest absolute Gasteiger partial charge is 0.428 e. The molecule has 1 heterocycles. The zero-order valence-corrected chi connectivity index (χ0v) is 11.2. The molecule has 0 bridgehead atoms. The lowest BCUT2D eigenvalue weighted by atomic mass is 9.84. The molecule has 2 rings (SSSR count). The highest BCUT2D eigenvalue weighted by molar-refractivity contribution is 5.68. The lowest BCUT2D eigenvalue weighted by molar-refractivity contribution is 0.0709. The van der Waals surface area contributed by atoms with Crippen molar-refractivity contribution in [1.82, 2.24) is 4.90 Å². The lowest BCUT2D eigenvalue weighted by Gasteiger charge is -2.38. The predicted octanol–water partition coefficient (Wildman–Crippen LogP) is 2.71. The normalized spacial score (nSPS) is 23.3. The quantitative estimate of drug-likeness (QED) is 0.795. The van der Waals surface area contributed by atoms with E-state index in [9.17, 15) is 9.18 Å². The van der Waals surface area contributed by atoms with Crippen molar-refractivity contribution in [3.8, 4) is 0 Å². The maximum absolute atomic E-state index is 13.3. The number of likely N-dealkylation sites (tertiary alicyclic amines) is 1. The van der Waals surface area contributed by atoms with Gasteiger partial charge in [-0.25, -0.2) is 9.18 Å². The zero-order chi connectivity index (χ0) is 14.0. The molecule has 1 aliphatic heterocycles. The summed E-state index contributed by atoms with van der Waals surface area (Å²) in [7, 11) is 0. The van der Waals surface area contributed by atoms with Gasteiger partial charge in [-0.05, 0) is 43.9 Å². The molecule has 0 saturated carbocycles. The summed E-state index contributed by atoms with van der Waals surface area (Å²) in [6, 6.07) is 5.13. The summed E-state index contributed by atoms with van der Waals surface area (Å²) in [5, 5.41) is 0. The van der Waals surface area contributed by atoms with E-state index in [1.54, 1.807) is 17.9 Å². The second kappa shape index (κ2) is 5.57. The Hall–Kier alpha value is -1.62. The van der Waals surface area contributed by atoms with Gasteiger partial charge < -0.3 is 9.74 Å². The number of rotatable bonds is 1. The van der Waals surface area contributed by atoms with Gasteiger partial charge in [0.25, 0.3) is 0 Å². The van der Waals surface area contributed by atoms with Crippen molar-refractivity contribution in [2.24, 2.45) is 5.90 Å². The molecule has 2 unspecified atom stereocenters. The molecule has 0 spiro atoms. The van der Waals surface area contributed by atoms with Gasteiger partial charge in [0.05, 0.1) is 0 Å². The molecule has 19 heavy (non-hydrogen) atoms. The number of carbonyl (C=O) groups is 1. The van der Waals surface area contributed by atoms with Crippen molar-refractivity contribution in [2.45, 2.75) is 38.6 Å². The van der Waals surface area contributed by atoms with E-state index in [0.29, 0.717) is 12.1 Å². The molecule has 1 aliphatic rings. The standard InChI is InChI=1S/C14H19FN2O2/c1-9-8-11(5-6-13(9)15)12-4-3-7-17(10(12)2)14(18)19-16/h5-6,8,10,12H,3-4,7,16H2,1-2H3. The summed E-state index contributed by atoms with van der Waals surface area (Å²) in [5.74, 6) is 4.94. The van der Waals surface area contributed by atoms with Crippen LogP contribution >= 0.6 is 0 Å². The van der Waals surface area contributed by atoms with E-state index in [1.807, 2.05) is 13.0 Å². The third-order valence-corrected chi connectivity index (χ3v) is 3.93. The minimum atomic E-state index is -0.504. The number of amides is 1. The highest BCUT2D eigenvalue weighted by Gasteiger charge is 2.32. The second-order valence-electron chi connectivity index (χ2n) is 5.08. The molecule has 4 nitrogen and oxygen atoms in total. The van der Waals surface area contributed by atoms with Gasteiger partial charge in [-0.2, -0.15) is 5.90 Å². The topological polar surface area (TPSA) is 55.6 Å². The van der Waals surface area contributed by atoms with E-state index in [2.05, 4.69) is 4.84 Å². The Bertz CT molecular complexity index is 479. The number of piperidine rings is 1. The first-order chi connectivity index (χ1) is 9.04. The highest BCUT2D eigenvalue weighted by atomic mass is 19.1. The van der Waals surface area contributed by atoms with Crippen LogP contribution in [0.25, 0.3) is 0 Å². The van der Waals surface area contributed by atoms with Crippen LogP contribution in [0.1, 0.15) is 36.8 Å². The summed E-state index contributed by atoms with van der Waals surface area (Å²) < 4.78 is 13.3. The van der Waals surface area contributed by atoms with Crippen LogP contribution in [-0.2, 0) is 4.84 Å². The minimum absolute atomic E-state index is 0.00494. The van der Waals surface area contributed by atoms with E-state index in [0.717, 1.165) is 18.4 Å². The first kappa shape index (κ1) is 13.8. The molecule has 1 aromatic rings. The van der Waals surface area contributed by atoms with Crippen molar-refractivity contribution in [1.29, 1.82) is 0 Å². The van der Waals surface area contributed by atoms with Crippen LogP contribution in [0, 0.1) is 12.7 Å². The fourth-order valence-corrected chi connectivity index (χ4v) is 2.81. The van der Waals surface area contributed by atoms with E-state index in [1.165, 1.54) is 6.07 Å². The van der Waals surface area contributed by atoms with Gasteiger partial charge in [0.2, 0.25) is 0 Å². The summed E-state index contributed by atoms with van der Waals surface area (Å²) in [4.78, 5) is 17.5. The van der Waals surface area contributed by atoms with Gasteiger partial charge in [0.1, 0.15) is 5.82 Å². The molecular formula is C14H19FN2O2. The van der Waals surface area contributed by atoms with Gasteiger partial charge in [-0.3, -0.25) is 0 Å². The molecule has 1 amide bonds. The second-order valence-corrected chi connectivity index (χ2v) is 5.08. The Balaban J connectivity index is 2.23. The number of carbonyl (C=O) groups excluding carboxylic acids is 1. The number of halogens is 1.